The summed E-state index contributed by atoms with van der Waals surface area (Å²) in [4.78, 5) is 2.13. The van der Waals surface area contributed by atoms with Crippen molar-refractivity contribution in [3.8, 4) is 6.07 Å². The molecule has 1 saturated heterocycles. The number of nitrogens with zero attached hydrogens (tertiary/aromatic N) is 2. The predicted molar refractivity (Wildman–Crippen MR) is 49.1 cm³/mol. The molecule has 2 unspecified atom stereocenters. The summed E-state index contributed by atoms with van der Waals surface area (Å²) in [6, 6.07) is 2.34. The van der Waals surface area contributed by atoms with Gasteiger partial charge in [0, 0.05) is 29.4 Å². The Hall–Kier alpha value is -0.400. The average molecular weight is 186 g/mol. The quantitative estimate of drug-likeness (QED) is 0.639. The molecule has 0 N–H and O–H groups in total. The summed E-state index contributed by atoms with van der Waals surface area (Å²) in [6.45, 7) is 1.80. The van der Waals surface area contributed by atoms with Gasteiger partial charge in [-0.05, 0) is 19.4 Å². The molecule has 0 aromatic carbocycles. The molecule has 1 rings (SSSR count). The average Bonchev–Trinajstić information content (AvgIpc) is 2.47. The van der Waals surface area contributed by atoms with Gasteiger partial charge >= 0.3 is 0 Å². The summed E-state index contributed by atoms with van der Waals surface area (Å²) >= 11 is 0. The van der Waals surface area contributed by atoms with Crippen molar-refractivity contribution in [2.24, 2.45) is 0 Å². The third-order valence-electron chi connectivity index (χ3n) is 2.18. The Morgan fingerprint density at radius 2 is 2.50 bits per heavy atom. The lowest BCUT2D eigenvalue weighted by molar-refractivity contribution is 0.313. The molecule has 1 heterocycles. The molecular weight excluding hydrogens is 172 g/mol. The zero-order valence-corrected chi connectivity index (χ0v) is 8.14. The second kappa shape index (κ2) is 4.58. The fourth-order valence-electron chi connectivity index (χ4n) is 1.49. The molecule has 4 heteroatoms. The lowest BCUT2D eigenvalue weighted by atomic mass is 10.2. The highest BCUT2D eigenvalue weighted by molar-refractivity contribution is 7.84. The van der Waals surface area contributed by atoms with E-state index >= 15 is 0 Å². The highest BCUT2D eigenvalue weighted by atomic mass is 32.2. The van der Waals surface area contributed by atoms with Crippen LogP contribution in [0.2, 0.25) is 0 Å². The van der Waals surface area contributed by atoms with Gasteiger partial charge in [0.2, 0.25) is 0 Å². The van der Waals surface area contributed by atoms with E-state index in [1.807, 2.05) is 0 Å². The van der Waals surface area contributed by atoms with Gasteiger partial charge in [-0.15, -0.1) is 0 Å². The highest BCUT2D eigenvalue weighted by Crippen LogP contribution is 2.15. The highest BCUT2D eigenvalue weighted by Gasteiger charge is 2.23. The van der Waals surface area contributed by atoms with Gasteiger partial charge in [-0.1, -0.05) is 0 Å². The number of rotatable bonds is 3. The molecule has 0 radical (unpaired) electrons. The fraction of sp³-hybridized carbons (Fsp3) is 0.875. The van der Waals surface area contributed by atoms with Crippen LogP contribution >= 0.6 is 0 Å². The van der Waals surface area contributed by atoms with Crippen molar-refractivity contribution in [1.29, 1.82) is 5.26 Å². The summed E-state index contributed by atoms with van der Waals surface area (Å²) in [5, 5.41) is 8.73. The van der Waals surface area contributed by atoms with Crippen LogP contribution in [0, 0.1) is 11.3 Å². The molecule has 0 bridgehead atoms. The van der Waals surface area contributed by atoms with E-state index in [9.17, 15) is 4.21 Å². The van der Waals surface area contributed by atoms with E-state index in [0.717, 1.165) is 25.9 Å². The Labute approximate surface area is 75.8 Å². The molecule has 2 atom stereocenters. The largest absolute Gasteiger partial charge is 0.287 e. The Balaban J connectivity index is 2.32. The maximum absolute atomic E-state index is 10.8. The maximum Gasteiger partial charge on any atom is 0.0978 e. The third-order valence-corrected chi connectivity index (χ3v) is 2.94. The Bertz CT molecular complexity index is 212. The minimum atomic E-state index is -0.730. The van der Waals surface area contributed by atoms with E-state index in [-0.39, 0.29) is 6.04 Å². The lowest BCUT2D eigenvalue weighted by Crippen LogP contribution is -2.31. The molecule has 0 aliphatic carbocycles. The zero-order chi connectivity index (χ0) is 8.97. The van der Waals surface area contributed by atoms with Crippen LogP contribution in [-0.2, 0) is 10.8 Å². The number of likely N-dealkylation sites (tertiary alicyclic amines) is 1. The Kier molecular flexibility index (Phi) is 3.70. The van der Waals surface area contributed by atoms with Gasteiger partial charge in [0.15, 0.2) is 0 Å². The normalized spacial score (nSPS) is 26.8. The van der Waals surface area contributed by atoms with Gasteiger partial charge < -0.3 is 0 Å². The molecule has 12 heavy (non-hydrogen) atoms. The van der Waals surface area contributed by atoms with Crippen LogP contribution in [0.3, 0.4) is 0 Å². The van der Waals surface area contributed by atoms with Crippen LogP contribution in [0.4, 0.5) is 0 Å². The van der Waals surface area contributed by atoms with Crippen molar-refractivity contribution in [2.75, 3.05) is 25.1 Å². The summed E-state index contributed by atoms with van der Waals surface area (Å²) in [6.07, 6.45) is 3.79. The standard InChI is InChI=1S/C8H14N2OS/c1-12(11)6-5-10-4-2-3-8(10)7-9/h8H,2-6H2,1H3. The maximum atomic E-state index is 10.8. The molecular formula is C8H14N2OS. The van der Waals surface area contributed by atoms with Crippen molar-refractivity contribution >= 4 is 10.8 Å². The minimum absolute atomic E-state index is 0.0774. The molecule has 0 amide bonds. The Morgan fingerprint density at radius 1 is 1.75 bits per heavy atom. The molecule has 1 fully saturated rings. The van der Waals surface area contributed by atoms with Crippen LogP contribution < -0.4 is 0 Å². The van der Waals surface area contributed by atoms with Gasteiger partial charge in [-0.3, -0.25) is 9.11 Å². The molecule has 68 valence electrons. The minimum Gasteiger partial charge on any atom is -0.287 e. The van der Waals surface area contributed by atoms with Crippen molar-refractivity contribution in [1.82, 2.24) is 4.90 Å². The van der Waals surface area contributed by atoms with E-state index in [0.29, 0.717) is 5.75 Å². The monoisotopic (exact) mass is 186 g/mol. The second-order valence-electron chi connectivity index (χ2n) is 3.10. The number of nitriles is 1. The Morgan fingerprint density at radius 3 is 3.08 bits per heavy atom. The van der Waals surface area contributed by atoms with Crippen molar-refractivity contribution < 1.29 is 4.21 Å². The molecule has 3 nitrogen and oxygen atoms in total. The van der Waals surface area contributed by atoms with Crippen LogP contribution in [-0.4, -0.2) is 40.2 Å². The lowest BCUT2D eigenvalue weighted by Gasteiger charge is -2.17. The van der Waals surface area contributed by atoms with Gasteiger partial charge in [0.1, 0.15) is 0 Å². The van der Waals surface area contributed by atoms with E-state index in [1.54, 1.807) is 6.26 Å². The van der Waals surface area contributed by atoms with Gasteiger partial charge in [-0.25, -0.2) is 0 Å². The van der Waals surface area contributed by atoms with Gasteiger partial charge in [0.25, 0.3) is 0 Å². The molecule has 0 spiro atoms. The zero-order valence-electron chi connectivity index (χ0n) is 7.32. The number of hydrogen-bond donors (Lipinski definition) is 0. The summed E-state index contributed by atoms with van der Waals surface area (Å²) in [5.41, 5.74) is 0. The first kappa shape index (κ1) is 9.69. The number of hydrogen-bond acceptors (Lipinski definition) is 3. The molecule has 0 aromatic heterocycles. The van der Waals surface area contributed by atoms with E-state index < -0.39 is 10.8 Å². The fourth-order valence-corrected chi connectivity index (χ4v) is 1.98. The van der Waals surface area contributed by atoms with E-state index in [1.165, 1.54) is 0 Å². The van der Waals surface area contributed by atoms with Crippen LogP contribution in [0.15, 0.2) is 0 Å². The first-order chi connectivity index (χ1) is 5.74. The predicted octanol–water partition coefficient (Wildman–Crippen LogP) is 0.353. The van der Waals surface area contributed by atoms with Crippen molar-refractivity contribution in [2.45, 2.75) is 18.9 Å². The second-order valence-corrected chi connectivity index (χ2v) is 4.66. The first-order valence-electron chi connectivity index (χ1n) is 4.17. The molecule has 1 aliphatic rings. The molecule has 0 aromatic rings. The van der Waals surface area contributed by atoms with Gasteiger partial charge in [-0.2, -0.15) is 5.26 Å². The van der Waals surface area contributed by atoms with Crippen molar-refractivity contribution in [3.05, 3.63) is 0 Å². The van der Waals surface area contributed by atoms with Gasteiger partial charge in [0.05, 0.1) is 12.1 Å². The third kappa shape index (κ3) is 2.58. The summed E-state index contributed by atoms with van der Waals surface area (Å²) < 4.78 is 10.8. The molecule has 1 aliphatic heterocycles. The SMILES string of the molecule is CS(=O)CCN1CCCC1C#N. The topological polar surface area (TPSA) is 44.1 Å². The van der Waals surface area contributed by atoms with Crippen LogP contribution in [0.5, 0.6) is 0 Å². The first-order valence-corrected chi connectivity index (χ1v) is 5.90. The van der Waals surface area contributed by atoms with E-state index in [4.69, 9.17) is 5.26 Å². The smallest absolute Gasteiger partial charge is 0.0978 e. The van der Waals surface area contributed by atoms with Crippen LogP contribution in [0.25, 0.3) is 0 Å². The van der Waals surface area contributed by atoms with E-state index in [2.05, 4.69) is 11.0 Å². The molecule has 0 saturated carbocycles. The van der Waals surface area contributed by atoms with Crippen LogP contribution in [0.1, 0.15) is 12.8 Å². The summed E-state index contributed by atoms with van der Waals surface area (Å²) in [5.74, 6) is 0.693. The summed E-state index contributed by atoms with van der Waals surface area (Å²) in [7, 11) is -0.730. The van der Waals surface area contributed by atoms with Crippen molar-refractivity contribution in [3.63, 3.8) is 0 Å².